The molecule has 1 aromatic rings. The van der Waals surface area contributed by atoms with E-state index in [2.05, 4.69) is 17.1 Å². The number of hydrogen-bond donors (Lipinski definition) is 2. The summed E-state index contributed by atoms with van der Waals surface area (Å²) in [7, 11) is 1.68. The second kappa shape index (κ2) is 8.12. The van der Waals surface area contributed by atoms with Gasteiger partial charge in [-0.2, -0.15) is 0 Å². The highest BCUT2D eigenvalue weighted by atomic mass is 16.5. The van der Waals surface area contributed by atoms with Crippen LogP contribution in [0.5, 0.6) is 5.75 Å². The fourth-order valence-corrected chi connectivity index (χ4v) is 2.64. The summed E-state index contributed by atoms with van der Waals surface area (Å²) < 4.78 is 10.9. The summed E-state index contributed by atoms with van der Waals surface area (Å²) in [6.07, 6.45) is 0.0283. The maximum absolute atomic E-state index is 12.4. The van der Waals surface area contributed by atoms with Gasteiger partial charge >= 0.3 is 0 Å². The van der Waals surface area contributed by atoms with Gasteiger partial charge in [0.2, 0.25) is 0 Å². The molecule has 2 rings (SSSR count). The van der Waals surface area contributed by atoms with Gasteiger partial charge in [0.25, 0.3) is 5.91 Å². The molecule has 1 amide bonds. The van der Waals surface area contributed by atoms with Gasteiger partial charge in [0, 0.05) is 32.3 Å². The quantitative estimate of drug-likeness (QED) is 0.766. The van der Waals surface area contributed by atoms with Crippen LogP contribution in [0.2, 0.25) is 0 Å². The predicted octanol–water partition coefficient (Wildman–Crippen LogP) is 0.473. The van der Waals surface area contributed by atoms with Crippen LogP contribution >= 0.6 is 0 Å². The highest BCUT2D eigenvalue weighted by Gasteiger charge is 2.33. The van der Waals surface area contributed by atoms with E-state index in [1.165, 1.54) is 0 Å². The zero-order valence-electron chi connectivity index (χ0n) is 13.2. The number of carbonyl (C=O) groups is 1. The first-order valence-corrected chi connectivity index (χ1v) is 7.66. The Morgan fingerprint density at radius 3 is 2.95 bits per heavy atom. The molecule has 6 heteroatoms. The second-order valence-corrected chi connectivity index (χ2v) is 5.37. The molecule has 0 spiro atoms. The molecule has 1 saturated heterocycles. The van der Waals surface area contributed by atoms with Crippen molar-refractivity contribution in [3.05, 3.63) is 29.8 Å². The average molecular weight is 307 g/mol. The smallest absolute Gasteiger partial charge is 0.251 e. The van der Waals surface area contributed by atoms with Crippen LogP contribution in [-0.4, -0.2) is 62.8 Å². The molecule has 1 aromatic carbocycles. The van der Waals surface area contributed by atoms with E-state index in [0.717, 1.165) is 19.6 Å². The summed E-state index contributed by atoms with van der Waals surface area (Å²) in [5, 5.41) is 3.06. The number of carbonyl (C=O) groups excluding carboxylic acids is 1. The highest BCUT2D eigenvalue weighted by Crippen LogP contribution is 2.16. The Bertz CT molecular complexity index is 495. The second-order valence-electron chi connectivity index (χ2n) is 5.37. The summed E-state index contributed by atoms with van der Waals surface area (Å²) in [6, 6.07) is 7.14. The Morgan fingerprint density at radius 1 is 1.45 bits per heavy atom. The number of methoxy groups -OCH3 is 1. The largest absolute Gasteiger partial charge is 0.492 e. The van der Waals surface area contributed by atoms with Crippen molar-refractivity contribution in [1.82, 2.24) is 10.2 Å². The highest BCUT2D eigenvalue weighted by molar-refractivity contribution is 5.94. The summed E-state index contributed by atoms with van der Waals surface area (Å²) in [5.41, 5.74) is 6.00. The van der Waals surface area contributed by atoms with Crippen molar-refractivity contribution >= 4 is 5.91 Å². The molecule has 0 radical (unpaired) electrons. The molecule has 0 bridgehead atoms. The Morgan fingerprint density at radius 2 is 2.27 bits per heavy atom. The number of benzene rings is 1. The molecule has 2 atom stereocenters. The van der Waals surface area contributed by atoms with Crippen molar-refractivity contribution in [2.45, 2.75) is 19.1 Å². The number of rotatable bonds is 7. The van der Waals surface area contributed by atoms with Crippen molar-refractivity contribution in [3.8, 4) is 5.75 Å². The molecule has 6 nitrogen and oxygen atoms in total. The average Bonchev–Trinajstić information content (AvgIpc) is 2.95. The van der Waals surface area contributed by atoms with Gasteiger partial charge in [-0.15, -0.1) is 0 Å². The lowest BCUT2D eigenvalue weighted by atomic mass is 10.1. The van der Waals surface area contributed by atoms with Crippen LogP contribution in [-0.2, 0) is 4.74 Å². The maximum Gasteiger partial charge on any atom is 0.251 e. The fourth-order valence-electron chi connectivity index (χ4n) is 2.64. The third-order valence-electron chi connectivity index (χ3n) is 3.89. The first kappa shape index (κ1) is 16.7. The van der Waals surface area contributed by atoms with Crippen LogP contribution in [0.3, 0.4) is 0 Å². The number of likely N-dealkylation sites (N-methyl/N-ethyl adjacent to an activating group) is 1. The number of nitrogens with two attached hydrogens (primary N) is 1. The molecular weight excluding hydrogens is 282 g/mol. The molecule has 1 heterocycles. The normalized spacial score (nSPS) is 21.8. The minimum atomic E-state index is -0.108. The van der Waals surface area contributed by atoms with Gasteiger partial charge in [0.1, 0.15) is 12.4 Å². The molecule has 3 N–H and O–H groups in total. The number of nitrogens with one attached hydrogen (secondary N) is 1. The van der Waals surface area contributed by atoms with E-state index in [1.807, 2.05) is 12.1 Å². The van der Waals surface area contributed by atoms with Gasteiger partial charge in [-0.05, 0) is 24.7 Å². The SMILES string of the molecule is CCN1C[C@H](NC(=O)c2cccc(OCCN)c2)[C@@H](OC)C1. The predicted molar refractivity (Wildman–Crippen MR) is 85.2 cm³/mol. The van der Waals surface area contributed by atoms with E-state index in [0.29, 0.717) is 24.5 Å². The molecule has 0 aliphatic carbocycles. The molecule has 1 fully saturated rings. The molecular formula is C16H25N3O3. The van der Waals surface area contributed by atoms with Crippen LogP contribution in [0, 0.1) is 0 Å². The van der Waals surface area contributed by atoms with E-state index in [1.54, 1.807) is 19.2 Å². The Kier molecular flexibility index (Phi) is 6.18. The summed E-state index contributed by atoms with van der Waals surface area (Å²) in [4.78, 5) is 14.7. The number of ether oxygens (including phenoxy) is 2. The lowest BCUT2D eigenvalue weighted by Gasteiger charge is -2.18. The first-order chi connectivity index (χ1) is 10.7. The molecule has 1 aliphatic rings. The Balaban J connectivity index is 1.99. The van der Waals surface area contributed by atoms with Gasteiger partial charge in [0.15, 0.2) is 0 Å². The van der Waals surface area contributed by atoms with Crippen LogP contribution in [0.1, 0.15) is 17.3 Å². The minimum absolute atomic E-state index is 0.00562. The van der Waals surface area contributed by atoms with Crippen molar-refractivity contribution in [1.29, 1.82) is 0 Å². The third kappa shape index (κ3) is 4.19. The maximum atomic E-state index is 12.4. The standard InChI is InChI=1S/C16H25N3O3/c1-3-19-10-14(15(11-19)21-2)18-16(20)12-5-4-6-13(9-12)22-8-7-17/h4-6,9,14-15H,3,7-8,10-11,17H2,1-2H3,(H,18,20)/t14-,15-/m0/s1. The minimum Gasteiger partial charge on any atom is -0.492 e. The number of amides is 1. The van der Waals surface area contributed by atoms with Gasteiger partial charge < -0.3 is 20.5 Å². The monoisotopic (exact) mass is 307 g/mol. The zero-order chi connectivity index (χ0) is 15.9. The third-order valence-corrected chi connectivity index (χ3v) is 3.89. The number of likely N-dealkylation sites (tertiary alicyclic amines) is 1. The zero-order valence-corrected chi connectivity index (χ0v) is 13.2. The van der Waals surface area contributed by atoms with E-state index in [9.17, 15) is 4.79 Å². The van der Waals surface area contributed by atoms with E-state index in [-0.39, 0.29) is 18.1 Å². The fraction of sp³-hybridized carbons (Fsp3) is 0.562. The van der Waals surface area contributed by atoms with Crippen LogP contribution in [0.4, 0.5) is 0 Å². The molecule has 0 unspecified atom stereocenters. The van der Waals surface area contributed by atoms with Crippen molar-refractivity contribution in [2.75, 3.05) is 39.9 Å². The van der Waals surface area contributed by atoms with E-state index < -0.39 is 0 Å². The van der Waals surface area contributed by atoms with Crippen molar-refractivity contribution < 1.29 is 14.3 Å². The summed E-state index contributed by atoms with van der Waals surface area (Å²) >= 11 is 0. The van der Waals surface area contributed by atoms with Gasteiger partial charge in [-0.25, -0.2) is 0 Å². The topological polar surface area (TPSA) is 76.8 Å². The molecule has 22 heavy (non-hydrogen) atoms. The van der Waals surface area contributed by atoms with Crippen molar-refractivity contribution in [3.63, 3.8) is 0 Å². The van der Waals surface area contributed by atoms with Crippen LogP contribution in [0.25, 0.3) is 0 Å². The molecule has 0 aromatic heterocycles. The van der Waals surface area contributed by atoms with E-state index in [4.69, 9.17) is 15.2 Å². The summed E-state index contributed by atoms with van der Waals surface area (Å²) in [5.74, 6) is 0.547. The van der Waals surface area contributed by atoms with Crippen LogP contribution < -0.4 is 15.8 Å². The first-order valence-electron chi connectivity index (χ1n) is 7.66. The summed E-state index contributed by atoms with van der Waals surface area (Å²) in [6.45, 7) is 5.59. The number of hydrogen-bond acceptors (Lipinski definition) is 5. The van der Waals surface area contributed by atoms with Gasteiger partial charge in [-0.1, -0.05) is 13.0 Å². The lowest BCUT2D eigenvalue weighted by molar-refractivity contribution is 0.0762. The van der Waals surface area contributed by atoms with Crippen molar-refractivity contribution in [2.24, 2.45) is 5.73 Å². The Hall–Kier alpha value is -1.63. The molecule has 0 saturated carbocycles. The molecule has 1 aliphatic heterocycles. The van der Waals surface area contributed by atoms with Gasteiger partial charge in [-0.3, -0.25) is 9.69 Å². The van der Waals surface area contributed by atoms with Crippen LogP contribution in [0.15, 0.2) is 24.3 Å². The molecule has 122 valence electrons. The Labute approximate surface area is 131 Å². The van der Waals surface area contributed by atoms with E-state index >= 15 is 0 Å². The number of nitrogens with zero attached hydrogens (tertiary/aromatic N) is 1. The van der Waals surface area contributed by atoms with Gasteiger partial charge in [0.05, 0.1) is 12.1 Å². The lowest BCUT2D eigenvalue weighted by Crippen LogP contribution is -2.43.